The molecule has 0 fully saturated rings. The van der Waals surface area contributed by atoms with E-state index in [9.17, 15) is 0 Å². The highest BCUT2D eigenvalue weighted by atomic mass is 15.3. The van der Waals surface area contributed by atoms with E-state index in [1.807, 2.05) is 67.2 Å². The molecule has 0 aliphatic carbocycles. The van der Waals surface area contributed by atoms with Gasteiger partial charge in [0.1, 0.15) is 5.82 Å². The van der Waals surface area contributed by atoms with Crippen LogP contribution in [0.4, 0.5) is 0 Å². The van der Waals surface area contributed by atoms with Gasteiger partial charge in [0.15, 0.2) is 11.8 Å². The summed E-state index contributed by atoms with van der Waals surface area (Å²) in [7, 11) is 1.96. The molecule has 0 saturated carbocycles. The molecule has 0 aliphatic rings. The largest absolute Gasteiger partial charge is 0.352 e. The maximum absolute atomic E-state index is 4.76. The molecule has 7 nitrogen and oxygen atoms in total. The standard InChI is InChI=1S/C23H25N7/c1-17-28-29-22(30(17)2)16-27-23(25-14-18-8-4-3-5-9-18)26-15-19-12-13-24-21-11-7-6-10-20(19)21/h3-13H,14-16H2,1-2H3,(H2,25,26,27). The number of aliphatic imine (C=N–C) groups is 1. The third kappa shape index (κ3) is 4.63. The molecule has 0 spiro atoms. The summed E-state index contributed by atoms with van der Waals surface area (Å²) in [4.78, 5) is 9.20. The van der Waals surface area contributed by atoms with E-state index in [-0.39, 0.29) is 0 Å². The molecular weight excluding hydrogens is 374 g/mol. The van der Waals surface area contributed by atoms with Gasteiger partial charge in [-0.05, 0) is 30.2 Å². The minimum absolute atomic E-state index is 0.537. The van der Waals surface area contributed by atoms with Gasteiger partial charge in [-0.2, -0.15) is 0 Å². The van der Waals surface area contributed by atoms with Crippen LogP contribution in [0.3, 0.4) is 0 Å². The van der Waals surface area contributed by atoms with Crippen LogP contribution in [0.1, 0.15) is 22.8 Å². The van der Waals surface area contributed by atoms with Crippen LogP contribution >= 0.6 is 0 Å². The number of nitrogens with one attached hydrogen (secondary N) is 2. The second-order valence-corrected chi connectivity index (χ2v) is 7.07. The molecule has 0 bridgehead atoms. The molecule has 0 radical (unpaired) electrons. The highest BCUT2D eigenvalue weighted by Gasteiger charge is 2.08. The Labute approximate surface area is 175 Å². The number of nitrogens with zero attached hydrogens (tertiary/aromatic N) is 5. The van der Waals surface area contributed by atoms with E-state index in [1.165, 1.54) is 5.56 Å². The number of hydrogen-bond acceptors (Lipinski definition) is 4. The quantitative estimate of drug-likeness (QED) is 0.385. The van der Waals surface area contributed by atoms with E-state index in [0.717, 1.165) is 34.1 Å². The van der Waals surface area contributed by atoms with Gasteiger partial charge in [0.25, 0.3) is 0 Å². The monoisotopic (exact) mass is 399 g/mol. The lowest BCUT2D eigenvalue weighted by atomic mass is 10.1. The Morgan fingerprint density at radius 1 is 0.933 bits per heavy atom. The van der Waals surface area contributed by atoms with E-state index >= 15 is 0 Å². The zero-order valence-electron chi connectivity index (χ0n) is 17.2. The summed E-state index contributed by atoms with van der Waals surface area (Å²) in [5, 5.41) is 16.3. The van der Waals surface area contributed by atoms with Crippen LogP contribution in [0.25, 0.3) is 10.9 Å². The van der Waals surface area contributed by atoms with Gasteiger partial charge >= 0.3 is 0 Å². The fraction of sp³-hybridized carbons (Fsp3) is 0.217. The third-order valence-electron chi connectivity index (χ3n) is 5.04. The van der Waals surface area contributed by atoms with Crippen molar-refractivity contribution in [3.63, 3.8) is 0 Å². The Balaban J connectivity index is 1.50. The molecule has 152 valence electrons. The Hall–Kier alpha value is -3.74. The molecule has 4 rings (SSSR count). The predicted octanol–water partition coefficient (Wildman–Crippen LogP) is 3.11. The summed E-state index contributed by atoms with van der Waals surface area (Å²) in [6.45, 7) is 3.70. The number of benzene rings is 2. The van der Waals surface area contributed by atoms with Crippen molar-refractivity contribution in [3.05, 3.63) is 89.6 Å². The second kappa shape index (κ2) is 9.17. The maximum Gasteiger partial charge on any atom is 0.192 e. The van der Waals surface area contributed by atoms with E-state index in [0.29, 0.717) is 19.6 Å². The first-order valence-corrected chi connectivity index (χ1v) is 9.94. The van der Waals surface area contributed by atoms with Crippen molar-refractivity contribution < 1.29 is 0 Å². The molecule has 30 heavy (non-hydrogen) atoms. The van der Waals surface area contributed by atoms with Crippen LogP contribution < -0.4 is 10.6 Å². The first kappa shape index (κ1) is 19.6. The fourth-order valence-corrected chi connectivity index (χ4v) is 3.18. The lowest BCUT2D eigenvalue weighted by molar-refractivity contribution is 0.714. The van der Waals surface area contributed by atoms with Crippen molar-refractivity contribution in [2.75, 3.05) is 0 Å². The molecule has 0 saturated heterocycles. The maximum atomic E-state index is 4.76. The average Bonchev–Trinajstić information content (AvgIpc) is 3.11. The van der Waals surface area contributed by atoms with Gasteiger partial charge in [0.2, 0.25) is 0 Å². The molecular formula is C23H25N7. The number of pyridine rings is 1. The summed E-state index contributed by atoms with van der Waals surface area (Å²) in [5.41, 5.74) is 3.31. The molecule has 0 aliphatic heterocycles. The molecule has 2 N–H and O–H groups in total. The Morgan fingerprint density at radius 2 is 1.70 bits per heavy atom. The molecule has 0 unspecified atom stereocenters. The molecule has 2 heterocycles. The highest BCUT2D eigenvalue weighted by Crippen LogP contribution is 2.15. The number of guanidine groups is 1. The van der Waals surface area contributed by atoms with E-state index in [1.54, 1.807) is 0 Å². The van der Waals surface area contributed by atoms with Crippen molar-refractivity contribution in [1.29, 1.82) is 0 Å². The normalized spacial score (nSPS) is 11.6. The van der Waals surface area contributed by atoms with E-state index in [2.05, 4.69) is 44.0 Å². The molecule has 2 aromatic heterocycles. The molecule has 7 heteroatoms. The molecule has 2 aromatic carbocycles. The Kier molecular flexibility index (Phi) is 5.98. The van der Waals surface area contributed by atoms with Crippen molar-refractivity contribution in [3.8, 4) is 0 Å². The summed E-state index contributed by atoms with van der Waals surface area (Å²) in [6, 6.07) is 20.4. The van der Waals surface area contributed by atoms with Crippen molar-refractivity contribution in [2.45, 2.75) is 26.6 Å². The first-order valence-electron chi connectivity index (χ1n) is 9.94. The van der Waals surface area contributed by atoms with Gasteiger partial charge in [-0.25, -0.2) is 4.99 Å². The molecule has 0 atom stereocenters. The van der Waals surface area contributed by atoms with Gasteiger partial charge in [-0.3, -0.25) is 4.98 Å². The average molecular weight is 400 g/mol. The lowest BCUT2D eigenvalue weighted by Gasteiger charge is -2.14. The third-order valence-corrected chi connectivity index (χ3v) is 5.04. The fourth-order valence-electron chi connectivity index (χ4n) is 3.18. The highest BCUT2D eigenvalue weighted by molar-refractivity contribution is 5.83. The number of rotatable bonds is 6. The predicted molar refractivity (Wildman–Crippen MR) is 119 cm³/mol. The van der Waals surface area contributed by atoms with Crippen LogP contribution in [0, 0.1) is 6.92 Å². The van der Waals surface area contributed by atoms with Gasteiger partial charge < -0.3 is 15.2 Å². The Morgan fingerprint density at radius 3 is 2.50 bits per heavy atom. The second-order valence-electron chi connectivity index (χ2n) is 7.07. The SMILES string of the molecule is Cc1nnc(CNC(=NCc2ccccc2)NCc2ccnc3ccccc23)n1C. The lowest BCUT2D eigenvalue weighted by Crippen LogP contribution is -2.37. The van der Waals surface area contributed by atoms with E-state index in [4.69, 9.17) is 4.99 Å². The summed E-state index contributed by atoms with van der Waals surface area (Å²) >= 11 is 0. The number of fused-ring (bicyclic) bond motifs is 1. The van der Waals surface area contributed by atoms with Crippen LogP contribution in [-0.2, 0) is 26.7 Å². The zero-order chi connectivity index (χ0) is 20.8. The van der Waals surface area contributed by atoms with Crippen molar-refractivity contribution in [2.24, 2.45) is 12.0 Å². The van der Waals surface area contributed by atoms with E-state index < -0.39 is 0 Å². The van der Waals surface area contributed by atoms with Crippen molar-refractivity contribution in [1.82, 2.24) is 30.4 Å². The topological polar surface area (TPSA) is 80.0 Å². The van der Waals surface area contributed by atoms with Crippen LogP contribution in [-0.4, -0.2) is 25.7 Å². The molecule has 0 amide bonds. The smallest absolute Gasteiger partial charge is 0.192 e. The zero-order valence-corrected chi connectivity index (χ0v) is 17.2. The number of para-hydroxylation sites is 1. The van der Waals surface area contributed by atoms with Gasteiger partial charge in [-0.15, -0.1) is 10.2 Å². The van der Waals surface area contributed by atoms with Gasteiger partial charge in [-0.1, -0.05) is 48.5 Å². The number of hydrogen-bond donors (Lipinski definition) is 2. The molecule has 4 aromatic rings. The summed E-state index contributed by atoms with van der Waals surface area (Å²) < 4.78 is 1.97. The number of aryl methyl sites for hydroxylation is 1. The minimum Gasteiger partial charge on any atom is -0.352 e. The summed E-state index contributed by atoms with van der Waals surface area (Å²) in [6.07, 6.45) is 1.84. The first-order chi connectivity index (χ1) is 14.7. The van der Waals surface area contributed by atoms with Crippen LogP contribution in [0.15, 0.2) is 71.9 Å². The van der Waals surface area contributed by atoms with Gasteiger partial charge in [0, 0.05) is 25.2 Å². The van der Waals surface area contributed by atoms with Crippen LogP contribution in [0.2, 0.25) is 0 Å². The van der Waals surface area contributed by atoms with Gasteiger partial charge in [0.05, 0.1) is 18.6 Å². The van der Waals surface area contributed by atoms with Crippen LogP contribution in [0.5, 0.6) is 0 Å². The summed E-state index contributed by atoms with van der Waals surface area (Å²) in [5.74, 6) is 2.46. The Bertz CT molecular complexity index is 1140. The minimum atomic E-state index is 0.537. The number of aromatic nitrogens is 4. The van der Waals surface area contributed by atoms with Crippen molar-refractivity contribution >= 4 is 16.9 Å².